The molecule has 1 aromatic carbocycles. The van der Waals surface area contributed by atoms with Crippen LogP contribution in [0.3, 0.4) is 0 Å². The van der Waals surface area contributed by atoms with Crippen molar-refractivity contribution in [1.29, 1.82) is 0 Å². The fraction of sp³-hybridized carbons (Fsp3) is 0.353. The first-order valence-corrected chi connectivity index (χ1v) is 9.16. The van der Waals surface area contributed by atoms with Crippen LogP contribution in [-0.4, -0.2) is 27.7 Å². The SMILES string of the molecule is CCc1cc(=O)n2nc(NC(C)C(OC)c3ccc(Cl)cc3)sc2n1. The summed E-state index contributed by atoms with van der Waals surface area (Å²) in [6.07, 6.45) is 0.533. The second-order valence-electron chi connectivity index (χ2n) is 5.68. The molecule has 0 bridgehead atoms. The number of nitrogens with zero attached hydrogens (tertiary/aromatic N) is 3. The maximum Gasteiger partial charge on any atom is 0.275 e. The third kappa shape index (κ3) is 3.84. The van der Waals surface area contributed by atoms with Gasteiger partial charge in [-0.25, -0.2) is 4.98 Å². The Morgan fingerprint density at radius 1 is 1.36 bits per heavy atom. The van der Waals surface area contributed by atoms with E-state index in [1.165, 1.54) is 21.9 Å². The molecule has 0 amide bonds. The van der Waals surface area contributed by atoms with Crippen LogP contribution in [0.25, 0.3) is 4.96 Å². The Morgan fingerprint density at radius 3 is 2.72 bits per heavy atom. The monoisotopic (exact) mass is 378 g/mol. The van der Waals surface area contributed by atoms with Gasteiger partial charge in [-0.2, -0.15) is 4.52 Å². The van der Waals surface area contributed by atoms with Crippen molar-refractivity contribution in [3.05, 3.63) is 57.0 Å². The number of aromatic nitrogens is 3. The number of ether oxygens (including phenoxy) is 1. The van der Waals surface area contributed by atoms with Crippen LogP contribution in [0.1, 0.15) is 31.2 Å². The van der Waals surface area contributed by atoms with Gasteiger partial charge in [0.05, 0.1) is 6.04 Å². The molecule has 0 aliphatic carbocycles. The Labute approximate surface area is 154 Å². The quantitative estimate of drug-likeness (QED) is 0.710. The van der Waals surface area contributed by atoms with Gasteiger partial charge in [0.2, 0.25) is 10.1 Å². The van der Waals surface area contributed by atoms with E-state index in [1.54, 1.807) is 7.11 Å². The van der Waals surface area contributed by atoms with Crippen LogP contribution in [0.4, 0.5) is 5.13 Å². The number of benzene rings is 1. The summed E-state index contributed by atoms with van der Waals surface area (Å²) >= 11 is 7.30. The molecule has 25 heavy (non-hydrogen) atoms. The summed E-state index contributed by atoms with van der Waals surface area (Å²) in [6, 6.07) is 9.00. The van der Waals surface area contributed by atoms with E-state index in [2.05, 4.69) is 15.4 Å². The van der Waals surface area contributed by atoms with Gasteiger partial charge in [-0.1, -0.05) is 42.0 Å². The minimum Gasteiger partial charge on any atom is -0.375 e. The largest absolute Gasteiger partial charge is 0.375 e. The van der Waals surface area contributed by atoms with Gasteiger partial charge in [-0.05, 0) is 31.0 Å². The molecular weight excluding hydrogens is 360 g/mol. The summed E-state index contributed by atoms with van der Waals surface area (Å²) in [6.45, 7) is 3.97. The lowest BCUT2D eigenvalue weighted by molar-refractivity contribution is 0.0907. The smallest absolute Gasteiger partial charge is 0.275 e. The van der Waals surface area contributed by atoms with Crippen molar-refractivity contribution in [1.82, 2.24) is 14.6 Å². The molecular formula is C17H19ClN4O2S. The van der Waals surface area contributed by atoms with Gasteiger partial charge < -0.3 is 10.1 Å². The molecule has 0 saturated carbocycles. The second kappa shape index (κ2) is 7.51. The highest BCUT2D eigenvalue weighted by atomic mass is 35.5. The van der Waals surface area contributed by atoms with E-state index in [4.69, 9.17) is 16.3 Å². The number of hydrogen-bond donors (Lipinski definition) is 1. The minimum absolute atomic E-state index is 0.0620. The fourth-order valence-electron chi connectivity index (χ4n) is 2.65. The zero-order chi connectivity index (χ0) is 18.0. The minimum atomic E-state index is -0.180. The van der Waals surface area contributed by atoms with Crippen LogP contribution >= 0.6 is 22.9 Å². The maximum absolute atomic E-state index is 12.1. The summed E-state index contributed by atoms with van der Waals surface area (Å²) in [7, 11) is 1.66. The third-order valence-electron chi connectivity index (χ3n) is 3.92. The number of aryl methyl sites for hydroxylation is 1. The highest BCUT2D eigenvalue weighted by Gasteiger charge is 2.20. The molecule has 3 rings (SSSR count). The average molecular weight is 379 g/mol. The lowest BCUT2D eigenvalue weighted by atomic mass is 10.0. The molecule has 0 saturated heterocycles. The van der Waals surface area contributed by atoms with Crippen LogP contribution < -0.4 is 10.9 Å². The van der Waals surface area contributed by atoms with E-state index >= 15 is 0 Å². The van der Waals surface area contributed by atoms with Crippen molar-refractivity contribution < 1.29 is 4.74 Å². The van der Waals surface area contributed by atoms with Gasteiger partial charge in [-0.3, -0.25) is 4.79 Å². The van der Waals surface area contributed by atoms with Crippen LogP contribution in [-0.2, 0) is 11.2 Å². The fourth-order valence-corrected chi connectivity index (χ4v) is 3.69. The van der Waals surface area contributed by atoms with E-state index in [-0.39, 0.29) is 17.7 Å². The van der Waals surface area contributed by atoms with Gasteiger partial charge in [0, 0.05) is 23.9 Å². The van der Waals surface area contributed by atoms with Crippen LogP contribution in [0.5, 0.6) is 0 Å². The van der Waals surface area contributed by atoms with Crippen molar-refractivity contribution in [2.75, 3.05) is 12.4 Å². The van der Waals surface area contributed by atoms with Crippen molar-refractivity contribution in [3.8, 4) is 0 Å². The molecule has 0 radical (unpaired) electrons. The lowest BCUT2D eigenvalue weighted by Gasteiger charge is -2.23. The maximum atomic E-state index is 12.1. The van der Waals surface area contributed by atoms with Gasteiger partial charge in [0.15, 0.2) is 0 Å². The molecule has 1 N–H and O–H groups in total. The molecule has 3 aromatic rings. The zero-order valence-electron chi connectivity index (χ0n) is 14.2. The molecule has 0 aliphatic rings. The zero-order valence-corrected chi connectivity index (χ0v) is 15.8. The summed E-state index contributed by atoms with van der Waals surface area (Å²) in [5.41, 5.74) is 1.61. The molecule has 8 heteroatoms. The molecule has 2 aromatic heterocycles. The van der Waals surface area contributed by atoms with Crippen molar-refractivity contribution in [2.45, 2.75) is 32.4 Å². The molecule has 2 unspecified atom stereocenters. The number of methoxy groups -OCH3 is 1. The average Bonchev–Trinajstić information content (AvgIpc) is 3.00. The van der Waals surface area contributed by atoms with E-state index in [0.717, 1.165) is 11.3 Å². The van der Waals surface area contributed by atoms with Crippen molar-refractivity contribution in [2.24, 2.45) is 0 Å². The van der Waals surface area contributed by atoms with Gasteiger partial charge in [-0.15, -0.1) is 5.10 Å². The molecule has 0 fully saturated rings. The summed E-state index contributed by atoms with van der Waals surface area (Å²) in [5.74, 6) is 0. The van der Waals surface area contributed by atoms with Gasteiger partial charge in [0.25, 0.3) is 5.56 Å². The first-order valence-electron chi connectivity index (χ1n) is 7.96. The van der Waals surface area contributed by atoms with E-state index in [9.17, 15) is 4.79 Å². The Bertz CT molecular complexity index is 923. The Kier molecular flexibility index (Phi) is 5.36. The first-order chi connectivity index (χ1) is 12.0. The standard InChI is InChI=1S/C17H19ClN4O2S/c1-4-13-9-14(23)22-17(20-13)25-16(21-22)19-10(2)15(24-3)11-5-7-12(18)8-6-11/h5-10,15H,4H2,1-3H3,(H,19,21). The Morgan fingerprint density at radius 2 is 2.08 bits per heavy atom. The molecule has 0 aliphatic heterocycles. The number of fused-ring (bicyclic) bond motifs is 1. The van der Waals surface area contributed by atoms with Crippen LogP contribution in [0.2, 0.25) is 5.02 Å². The first kappa shape index (κ1) is 17.8. The molecule has 0 spiro atoms. The number of rotatable bonds is 6. The highest BCUT2D eigenvalue weighted by molar-refractivity contribution is 7.20. The topological polar surface area (TPSA) is 68.5 Å². The summed E-state index contributed by atoms with van der Waals surface area (Å²) < 4.78 is 6.95. The Balaban J connectivity index is 1.85. The summed E-state index contributed by atoms with van der Waals surface area (Å²) in [4.78, 5) is 17.1. The van der Waals surface area contributed by atoms with Gasteiger partial charge >= 0.3 is 0 Å². The van der Waals surface area contributed by atoms with Crippen LogP contribution in [0, 0.1) is 0 Å². The lowest BCUT2D eigenvalue weighted by Crippen LogP contribution is -2.26. The normalized spacial score (nSPS) is 13.8. The molecule has 6 nitrogen and oxygen atoms in total. The second-order valence-corrected chi connectivity index (χ2v) is 7.07. The van der Waals surface area contributed by atoms with E-state index < -0.39 is 0 Å². The number of halogens is 1. The molecule has 2 heterocycles. The predicted molar refractivity (Wildman–Crippen MR) is 101 cm³/mol. The Hall–Kier alpha value is -1.96. The molecule has 132 valence electrons. The number of hydrogen-bond acceptors (Lipinski definition) is 6. The van der Waals surface area contributed by atoms with Crippen molar-refractivity contribution in [3.63, 3.8) is 0 Å². The van der Waals surface area contributed by atoms with Gasteiger partial charge in [0.1, 0.15) is 6.10 Å². The van der Waals surface area contributed by atoms with E-state index in [0.29, 0.717) is 21.5 Å². The van der Waals surface area contributed by atoms with Crippen molar-refractivity contribution >= 4 is 33.0 Å². The highest BCUT2D eigenvalue weighted by Crippen LogP contribution is 2.26. The number of nitrogens with one attached hydrogen (secondary N) is 1. The summed E-state index contributed by atoms with van der Waals surface area (Å²) in [5, 5.41) is 8.94. The number of anilines is 1. The van der Waals surface area contributed by atoms with Crippen LogP contribution in [0.15, 0.2) is 35.1 Å². The van der Waals surface area contributed by atoms with E-state index in [1.807, 2.05) is 38.1 Å². The third-order valence-corrected chi connectivity index (χ3v) is 5.01. The molecule has 2 atom stereocenters. The predicted octanol–water partition coefficient (Wildman–Crippen LogP) is 3.55.